The lowest BCUT2D eigenvalue weighted by Gasteiger charge is -2.12. The zero-order valence-corrected chi connectivity index (χ0v) is 16.4. The van der Waals surface area contributed by atoms with Crippen LogP contribution in [-0.4, -0.2) is 32.9 Å². The fourth-order valence-corrected chi connectivity index (χ4v) is 2.92. The van der Waals surface area contributed by atoms with Crippen LogP contribution in [0, 0.1) is 24.0 Å². The predicted molar refractivity (Wildman–Crippen MR) is 111 cm³/mol. The van der Waals surface area contributed by atoms with Gasteiger partial charge in [-0.1, -0.05) is 12.1 Å². The molecular formula is C20H18N4O6. The first-order valence-electron chi connectivity index (χ1n) is 8.76. The van der Waals surface area contributed by atoms with Crippen LogP contribution >= 0.6 is 0 Å². The van der Waals surface area contributed by atoms with E-state index in [0.29, 0.717) is 16.9 Å². The molecule has 0 bridgehead atoms. The number of nitro groups is 1. The molecule has 0 unspecified atom stereocenters. The zero-order chi connectivity index (χ0) is 22.0. The molecule has 3 aromatic rings. The number of ether oxygens (including phenoxy) is 1. The van der Waals surface area contributed by atoms with E-state index >= 15 is 0 Å². The monoisotopic (exact) mass is 410 g/mol. The van der Waals surface area contributed by atoms with Gasteiger partial charge in [-0.3, -0.25) is 24.9 Å². The molecule has 0 aliphatic carbocycles. The highest BCUT2D eigenvalue weighted by Gasteiger charge is 2.18. The maximum Gasteiger partial charge on any atom is 0.335 e. The molecule has 0 saturated carbocycles. The van der Waals surface area contributed by atoms with E-state index < -0.39 is 22.1 Å². The van der Waals surface area contributed by atoms with Crippen molar-refractivity contribution in [2.45, 2.75) is 13.8 Å². The van der Waals surface area contributed by atoms with Gasteiger partial charge in [0, 0.05) is 17.8 Å². The number of aromatic nitrogens is 2. The van der Waals surface area contributed by atoms with E-state index in [1.54, 1.807) is 38.1 Å². The molecule has 2 aromatic carbocycles. The van der Waals surface area contributed by atoms with E-state index in [1.165, 1.54) is 19.2 Å². The van der Waals surface area contributed by atoms with Gasteiger partial charge in [0.2, 0.25) is 5.88 Å². The number of methoxy groups -OCH3 is 1. The van der Waals surface area contributed by atoms with Crippen LogP contribution in [0.15, 0.2) is 51.0 Å². The quantitative estimate of drug-likeness (QED) is 0.376. The summed E-state index contributed by atoms with van der Waals surface area (Å²) in [6.45, 7) is 3.33. The third-order valence-corrected chi connectivity index (χ3v) is 4.61. The predicted octanol–water partition coefficient (Wildman–Crippen LogP) is 2.52. The molecule has 30 heavy (non-hydrogen) atoms. The Hall–Kier alpha value is -4.21. The number of H-pyrrole nitrogens is 1. The fraction of sp³-hybridized carbons (Fsp3) is 0.150. The van der Waals surface area contributed by atoms with Crippen LogP contribution in [0.5, 0.6) is 11.6 Å². The first kappa shape index (κ1) is 20.5. The Morgan fingerprint density at radius 2 is 1.93 bits per heavy atom. The van der Waals surface area contributed by atoms with Crippen LogP contribution in [0.2, 0.25) is 0 Å². The number of rotatable bonds is 5. The summed E-state index contributed by atoms with van der Waals surface area (Å²) in [5.41, 5.74) is -0.529. The maximum atomic E-state index is 12.3. The molecule has 0 saturated heterocycles. The summed E-state index contributed by atoms with van der Waals surface area (Å²) in [6, 6.07) is 9.32. The van der Waals surface area contributed by atoms with Crippen LogP contribution in [0.1, 0.15) is 16.7 Å². The van der Waals surface area contributed by atoms with Crippen LogP contribution in [0.3, 0.4) is 0 Å². The third-order valence-electron chi connectivity index (χ3n) is 4.61. The van der Waals surface area contributed by atoms with E-state index in [9.17, 15) is 24.8 Å². The van der Waals surface area contributed by atoms with E-state index in [1.807, 2.05) is 0 Å². The van der Waals surface area contributed by atoms with Crippen LogP contribution in [-0.2, 0) is 0 Å². The molecule has 2 N–H and O–H groups in total. The van der Waals surface area contributed by atoms with Gasteiger partial charge >= 0.3 is 5.69 Å². The second kappa shape index (κ2) is 8.03. The van der Waals surface area contributed by atoms with Crippen molar-refractivity contribution in [3.05, 3.63) is 84.0 Å². The van der Waals surface area contributed by atoms with Gasteiger partial charge in [-0.05, 0) is 37.6 Å². The number of aliphatic imine (C=N–C) groups is 1. The topological polar surface area (TPSA) is 140 Å². The van der Waals surface area contributed by atoms with Crippen LogP contribution in [0.25, 0.3) is 5.69 Å². The molecule has 3 rings (SSSR count). The Morgan fingerprint density at radius 1 is 1.23 bits per heavy atom. The van der Waals surface area contributed by atoms with E-state index in [-0.39, 0.29) is 22.6 Å². The van der Waals surface area contributed by atoms with Gasteiger partial charge in [0.25, 0.3) is 11.2 Å². The third kappa shape index (κ3) is 3.70. The smallest absolute Gasteiger partial charge is 0.335 e. The Bertz CT molecular complexity index is 1290. The Morgan fingerprint density at radius 3 is 2.60 bits per heavy atom. The summed E-state index contributed by atoms with van der Waals surface area (Å²) in [4.78, 5) is 41.5. The normalized spacial score (nSPS) is 11.0. The summed E-state index contributed by atoms with van der Waals surface area (Å²) >= 11 is 0. The van der Waals surface area contributed by atoms with Gasteiger partial charge in [0.1, 0.15) is 11.3 Å². The molecule has 10 heteroatoms. The number of aromatic hydroxyl groups is 1. The van der Waals surface area contributed by atoms with E-state index in [4.69, 9.17) is 4.74 Å². The van der Waals surface area contributed by atoms with Gasteiger partial charge in [0.05, 0.1) is 23.4 Å². The minimum atomic E-state index is -0.860. The highest BCUT2D eigenvalue weighted by molar-refractivity contribution is 5.84. The molecule has 1 heterocycles. The molecule has 0 amide bonds. The van der Waals surface area contributed by atoms with E-state index in [2.05, 4.69) is 9.98 Å². The van der Waals surface area contributed by atoms with Gasteiger partial charge < -0.3 is 9.84 Å². The number of hydrogen-bond donors (Lipinski definition) is 2. The van der Waals surface area contributed by atoms with Crippen molar-refractivity contribution in [2.24, 2.45) is 4.99 Å². The van der Waals surface area contributed by atoms with Gasteiger partial charge in [0.15, 0.2) is 0 Å². The first-order valence-corrected chi connectivity index (χ1v) is 8.76. The number of nitrogens with one attached hydrogen (secondary N) is 1. The van der Waals surface area contributed by atoms with Crippen molar-refractivity contribution in [2.75, 3.05) is 7.11 Å². The number of benzene rings is 2. The molecule has 0 fully saturated rings. The largest absolute Gasteiger partial charge is 0.495 e. The van der Waals surface area contributed by atoms with Crippen molar-refractivity contribution in [3.63, 3.8) is 0 Å². The van der Waals surface area contributed by atoms with Crippen molar-refractivity contribution in [3.8, 4) is 17.3 Å². The molecule has 0 spiro atoms. The average molecular weight is 410 g/mol. The van der Waals surface area contributed by atoms with Crippen LogP contribution < -0.4 is 16.0 Å². The lowest BCUT2D eigenvalue weighted by Crippen LogP contribution is -2.31. The lowest BCUT2D eigenvalue weighted by molar-refractivity contribution is -0.385. The SMILES string of the molecule is COc1ccccc1-n1c(O)c(C=Nc2cc(C)c(C)c([N+](=O)[O-])c2)c(=O)[nH]c1=O. The minimum Gasteiger partial charge on any atom is -0.495 e. The first-order chi connectivity index (χ1) is 14.2. The molecular weight excluding hydrogens is 392 g/mol. The van der Waals surface area contributed by atoms with Crippen molar-refractivity contribution < 1.29 is 14.8 Å². The van der Waals surface area contributed by atoms with Gasteiger partial charge in [-0.2, -0.15) is 0 Å². The number of nitrogens with zero attached hydrogens (tertiary/aromatic N) is 3. The van der Waals surface area contributed by atoms with Gasteiger partial charge in [-0.25, -0.2) is 9.36 Å². The Labute approximate surface area is 169 Å². The Balaban J connectivity index is 2.16. The summed E-state index contributed by atoms with van der Waals surface area (Å²) in [5.74, 6) is -0.343. The van der Waals surface area contributed by atoms with Gasteiger partial charge in [-0.15, -0.1) is 0 Å². The minimum absolute atomic E-state index is 0.112. The van der Waals surface area contributed by atoms with Crippen molar-refractivity contribution in [1.29, 1.82) is 0 Å². The summed E-state index contributed by atoms with van der Waals surface area (Å²) < 4.78 is 6.09. The molecule has 0 radical (unpaired) electrons. The second-order valence-electron chi connectivity index (χ2n) is 6.43. The number of aryl methyl sites for hydroxylation is 1. The average Bonchev–Trinajstić information content (AvgIpc) is 2.70. The molecule has 1 aromatic heterocycles. The van der Waals surface area contributed by atoms with Crippen molar-refractivity contribution >= 4 is 17.6 Å². The molecule has 154 valence electrons. The summed E-state index contributed by atoms with van der Waals surface area (Å²) in [6.07, 6.45) is 1.05. The highest BCUT2D eigenvalue weighted by Crippen LogP contribution is 2.28. The lowest BCUT2D eigenvalue weighted by atomic mass is 10.1. The number of nitro benzene ring substituents is 1. The molecule has 10 nitrogen and oxygen atoms in total. The maximum absolute atomic E-state index is 12.3. The number of aromatic amines is 1. The summed E-state index contributed by atoms with van der Waals surface area (Å²) in [5, 5.41) is 21.8. The van der Waals surface area contributed by atoms with Crippen LogP contribution in [0.4, 0.5) is 11.4 Å². The number of para-hydroxylation sites is 2. The highest BCUT2D eigenvalue weighted by atomic mass is 16.6. The standard InChI is InChI=1S/C20H18N4O6/c1-11-8-13(9-16(12(11)2)24(28)29)21-10-14-18(25)22-20(27)23(19(14)26)15-6-4-5-7-17(15)30-3/h4-10,26H,1-3H3,(H,22,25,27). The van der Waals surface area contributed by atoms with E-state index in [0.717, 1.165) is 10.8 Å². The zero-order valence-electron chi connectivity index (χ0n) is 16.4. The molecule has 0 aliphatic heterocycles. The number of hydrogen-bond acceptors (Lipinski definition) is 7. The van der Waals surface area contributed by atoms with Crippen molar-refractivity contribution in [1.82, 2.24) is 9.55 Å². The molecule has 0 aliphatic rings. The molecule has 0 atom stereocenters. The second-order valence-corrected chi connectivity index (χ2v) is 6.43. The fourth-order valence-electron chi connectivity index (χ4n) is 2.92. The summed E-state index contributed by atoms with van der Waals surface area (Å²) in [7, 11) is 1.40. The Kier molecular flexibility index (Phi) is 5.50.